The van der Waals surface area contributed by atoms with E-state index in [4.69, 9.17) is 4.74 Å². The maximum Gasteiger partial charge on any atom is 0.317 e. The average molecular weight is 333 g/mol. The predicted octanol–water partition coefficient (Wildman–Crippen LogP) is 2.04. The molecule has 2 aliphatic rings. The van der Waals surface area contributed by atoms with Gasteiger partial charge in [-0.05, 0) is 19.8 Å². The molecule has 0 atom stereocenters. The van der Waals surface area contributed by atoms with E-state index in [1.54, 1.807) is 12.3 Å². The number of amides is 2. The number of anilines is 1. The van der Waals surface area contributed by atoms with Crippen molar-refractivity contribution in [3.8, 4) is 5.88 Å². The van der Waals surface area contributed by atoms with Crippen molar-refractivity contribution in [2.45, 2.75) is 45.1 Å². The van der Waals surface area contributed by atoms with Gasteiger partial charge in [0.15, 0.2) is 0 Å². The Labute approximate surface area is 143 Å². The van der Waals surface area contributed by atoms with Gasteiger partial charge in [-0.1, -0.05) is 19.3 Å². The van der Waals surface area contributed by atoms with Crippen LogP contribution in [0.2, 0.25) is 0 Å². The first kappa shape index (κ1) is 16.8. The molecule has 1 aromatic rings. The molecule has 7 heteroatoms. The zero-order valence-corrected chi connectivity index (χ0v) is 14.4. The lowest BCUT2D eigenvalue weighted by molar-refractivity contribution is 0.186. The molecule has 2 heterocycles. The SMILES string of the molecule is CCOc1ccnc(N2CCN(C(=O)NC3CCCCC3)CC2)n1. The molecule has 0 radical (unpaired) electrons. The summed E-state index contributed by atoms with van der Waals surface area (Å²) in [5, 5.41) is 3.19. The minimum atomic E-state index is 0.0746. The van der Waals surface area contributed by atoms with Crippen LogP contribution in [0.5, 0.6) is 5.88 Å². The summed E-state index contributed by atoms with van der Waals surface area (Å²) in [6.07, 6.45) is 7.70. The maximum absolute atomic E-state index is 12.4. The molecule has 0 aromatic carbocycles. The number of hydrogen-bond donors (Lipinski definition) is 1. The molecule has 132 valence electrons. The van der Waals surface area contributed by atoms with Crippen LogP contribution in [0.15, 0.2) is 12.3 Å². The van der Waals surface area contributed by atoms with E-state index < -0.39 is 0 Å². The van der Waals surface area contributed by atoms with Crippen molar-refractivity contribution in [1.82, 2.24) is 20.2 Å². The van der Waals surface area contributed by atoms with Gasteiger partial charge in [0, 0.05) is 44.5 Å². The molecule has 1 saturated carbocycles. The minimum Gasteiger partial charge on any atom is -0.478 e. The molecule has 1 saturated heterocycles. The fourth-order valence-corrected chi connectivity index (χ4v) is 3.34. The summed E-state index contributed by atoms with van der Waals surface area (Å²) < 4.78 is 5.43. The van der Waals surface area contributed by atoms with E-state index in [-0.39, 0.29) is 6.03 Å². The van der Waals surface area contributed by atoms with Crippen molar-refractivity contribution in [2.75, 3.05) is 37.7 Å². The highest BCUT2D eigenvalue weighted by Gasteiger charge is 2.25. The third-order valence-corrected chi connectivity index (χ3v) is 4.69. The van der Waals surface area contributed by atoms with Crippen LogP contribution in [0.1, 0.15) is 39.0 Å². The Kier molecular flexibility index (Phi) is 5.72. The molecular formula is C17H27N5O2. The predicted molar refractivity (Wildman–Crippen MR) is 92.4 cm³/mol. The summed E-state index contributed by atoms with van der Waals surface area (Å²) >= 11 is 0. The van der Waals surface area contributed by atoms with Gasteiger partial charge >= 0.3 is 6.03 Å². The lowest BCUT2D eigenvalue weighted by atomic mass is 9.96. The Morgan fingerprint density at radius 3 is 2.71 bits per heavy atom. The zero-order chi connectivity index (χ0) is 16.8. The number of ether oxygens (including phenoxy) is 1. The second kappa shape index (κ2) is 8.17. The molecule has 3 rings (SSSR count). The molecule has 7 nitrogen and oxygen atoms in total. The summed E-state index contributed by atoms with van der Waals surface area (Å²) in [6.45, 7) is 5.40. The molecule has 1 aliphatic carbocycles. The van der Waals surface area contributed by atoms with Crippen molar-refractivity contribution in [3.05, 3.63) is 12.3 Å². The third-order valence-electron chi connectivity index (χ3n) is 4.69. The van der Waals surface area contributed by atoms with E-state index in [1.807, 2.05) is 11.8 Å². The highest BCUT2D eigenvalue weighted by Crippen LogP contribution is 2.18. The van der Waals surface area contributed by atoms with Crippen molar-refractivity contribution >= 4 is 12.0 Å². The highest BCUT2D eigenvalue weighted by atomic mass is 16.5. The zero-order valence-electron chi connectivity index (χ0n) is 14.4. The molecule has 1 aromatic heterocycles. The molecule has 24 heavy (non-hydrogen) atoms. The Morgan fingerprint density at radius 2 is 2.00 bits per heavy atom. The molecule has 2 fully saturated rings. The fraction of sp³-hybridized carbons (Fsp3) is 0.706. The summed E-state index contributed by atoms with van der Waals surface area (Å²) in [4.78, 5) is 25.1. The van der Waals surface area contributed by atoms with Gasteiger partial charge in [-0.15, -0.1) is 0 Å². The van der Waals surface area contributed by atoms with E-state index in [2.05, 4.69) is 20.2 Å². The Balaban J connectivity index is 1.49. The number of carbonyl (C=O) groups is 1. The summed E-state index contributed by atoms with van der Waals surface area (Å²) in [5.41, 5.74) is 0. The number of rotatable bonds is 4. The third kappa shape index (κ3) is 4.27. The molecular weight excluding hydrogens is 306 g/mol. The van der Waals surface area contributed by atoms with E-state index in [0.717, 1.165) is 25.9 Å². The van der Waals surface area contributed by atoms with Crippen LogP contribution < -0.4 is 15.0 Å². The molecule has 0 spiro atoms. The van der Waals surface area contributed by atoms with Gasteiger partial charge in [0.25, 0.3) is 0 Å². The number of carbonyl (C=O) groups excluding carboxylic acids is 1. The molecule has 1 N–H and O–H groups in total. The van der Waals surface area contributed by atoms with Crippen molar-refractivity contribution < 1.29 is 9.53 Å². The van der Waals surface area contributed by atoms with Crippen LogP contribution >= 0.6 is 0 Å². The van der Waals surface area contributed by atoms with Crippen LogP contribution in [0, 0.1) is 0 Å². The summed E-state index contributed by atoms with van der Waals surface area (Å²) in [7, 11) is 0. The summed E-state index contributed by atoms with van der Waals surface area (Å²) in [6, 6.07) is 2.20. The monoisotopic (exact) mass is 333 g/mol. The van der Waals surface area contributed by atoms with Gasteiger partial charge in [0.05, 0.1) is 6.61 Å². The van der Waals surface area contributed by atoms with E-state index in [1.165, 1.54) is 19.3 Å². The van der Waals surface area contributed by atoms with Crippen LogP contribution in [0.4, 0.5) is 10.7 Å². The number of nitrogens with zero attached hydrogens (tertiary/aromatic N) is 4. The Bertz CT molecular complexity index is 540. The largest absolute Gasteiger partial charge is 0.478 e. The molecule has 1 aliphatic heterocycles. The highest BCUT2D eigenvalue weighted by molar-refractivity contribution is 5.74. The van der Waals surface area contributed by atoms with Crippen LogP contribution in [-0.4, -0.2) is 59.7 Å². The van der Waals surface area contributed by atoms with Gasteiger partial charge in [-0.25, -0.2) is 9.78 Å². The number of piperazine rings is 1. The number of nitrogens with one attached hydrogen (secondary N) is 1. The van der Waals surface area contributed by atoms with Gasteiger partial charge in [-0.3, -0.25) is 0 Å². The standard InChI is InChI=1S/C17H27N5O2/c1-2-24-15-8-9-18-16(20-15)21-10-12-22(13-11-21)17(23)19-14-6-4-3-5-7-14/h8-9,14H,2-7,10-13H2,1H3,(H,19,23). The molecule has 0 unspecified atom stereocenters. The average Bonchev–Trinajstić information content (AvgIpc) is 2.63. The second-order valence-electron chi connectivity index (χ2n) is 6.39. The minimum absolute atomic E-state index is 0.0746. The quantitative estimate of drug-likeness (QED) is 0.913. The maximum atomic E-state index is 12.4. The summed E-state index contributed by atoms with van der Waals surface area (Å²) in [5.74, 6) is 1.27. The van der Waals surface area contributed by atoms with Crippen molar-refractivity contribution in [3.63, 3.8) is 0 Å². The number of urea groups is 1. The topological polar surface area (TPSA) is 70.6 Å². The van der Waals surface area contributed by atoms with Crippen molar-refractivity contribution in [1.29, 1.82) is 0 Å². The van der Waals surface area contributed by atoms with Gasteiger partial charge < -0.3 is 19.9 Å². The first-order valence-electron chi connectivity index (χ1n) is 9.02. The van der Waals surface area contributed by atoms with Gasteiger partial charge in [-0.2, -0.15) is 4.98 Å². The number of aromatic nitrogens is 2. The first-order valence-corrected chi connectivity index (χ1v) is 9.02. The number of hydrogen-bond acceptors (Lipinski definition) is 5. The van der Waals surface area contributed by atoms with E-state index in [9.17, 15) is 4.79 Å². The fourth-order valence-electron chi connectivity index (χ4n) is 3.34. The molecule has 2 amide bonds. The van der Waals surface area contributed by atoms with Gasteiger partial charge in [0.1, 0.15) is 0 Å². The van der Waals surface area contributed by atoms with Crippen LogP contribution in [-0.2, 0) is 0 Å². The lowest BCUT2D eigenvalue weighted by Crippen LogP contribution is -2.54. The Hall–Kier alpha value is -2.05. The van der Waals surface area contributed by atoms with Crippen molar-refractivity contribution in [2.24, 2.45) is 0 Å². The van der Waals surface area contributed by atoms with Crippen LogP contribution in [0.3, 0.4) is 0 Å². The van der Waals surface area contributed by atoms with Crippen LogP contribution in [0.25, 0.3) is 0 Å². The van der Waals surface area contributed by atoms with E-state index >= 15 is 0 Å². The lowest BCUT2D eigenvalue weighted by Gasteiger charge is -2.36. The smallest absolute Gasteiger partial charge is 0.317 e. The second-order valence-corrected chi connectivity index (χ2v) is 6.39. The van der Waals surface area contributed by atoms with Gasteiger partial charge in [0.2, 0.25) is 11.8 Å². The first-order chi connectivity index (χ1) is 11.8. The van der Waals surface area contributed by atoms with E-state index in [0.29, 0.717) is 37.6 Å². The normalized spacial score (nSPS) is 19.2. The Morgan fingerprint density at radius 1 is 1.25 bits per heavy atom. The molecule has 0 bridgehead atoms.